The fourth-order valence-corrected chi connectivity index (χ4v) is 2.06. The van der Waals surface area contributed by atoms with Gasteiger partial charge < -0.3 is 14.9 Å². The van der Waals surface area contributed by atoms with Crippen LogP contribution in [0.1, 0.15) is 45.1 Å². The van der Waals surface area contributed by atoms with Crippen LogP contribution in [0, 0.1) is 0 Å². The number of furan rings is 1. The first kappa shape index (κ1) is 14.7. The van der Waals surface area contributed by atoms with Crippen molar-refractivity contribution in [1.82, 2.24) is 0 Å². The normalized spacial score (nSPS) is 14.8. The molecule has 0 aliphatic carbocycles. The molecule has 3 nitrogen and oxygen atoms in total. The number of rotatable bonds is 4. The average Bonchev–Trinajstić information content (AvgIpc) is 2.88. The molecule has 0 saturated carbocycles. The molecule has 0 radical (unpaired) electrons. The van der Waals surface area contributed by atoms with Crippen molar-refractivity contribution in [3.05, 3.63) is 54.0 Å². The summed E-state index contributed by atoms with van der Waals surface area (Å²) in [6.45, 7) is 8.49. The smallest absolute Gasteiger partial charge is 0.171 e. The third-order valence-corrected chi connectivity index (χ3v) is 3.28. The van der Waals surface area contributed by atoms with E-state index in [4.69, 9.17) is 14.9 Å². The fraction of sp³-hybridized carbons (Fsp3) is 0.412. The maximum absolute atomic E-state index is 5.99. The maximum atomic E-state index is 5.99. The van der Waals surface area contributed by atoms with E-state index in [-0.39, 0.29) is 17.6 Å². The summed E-state index contributed by atoms with van der Waals surface area (Å²) < 4.78 is 11.4. The summed E-state index contributed by atoms with van der Waals surface area (Å²) in [7, 11) is 0. The highest BCUT2D eigenvalue weighted by atomic mass is 16.5. The van der Waals surface area contributed by atoms with Crippen LogP contribution < -0.4 is 10.5 Å². The van der Waals surface area contributed by atoms with E-state index in [1.807, 2.05) is 31.2 Å². The van der Waals surface area contributed by atoms with Gasteiger partial charge in [-0.05, 0) is 42.2 Å². The van der Waals surface area contributed by atoms with Gasteiger partial charge in [0.2, 0.25) is 0 Å². The maximum Gasteiger partial charge on any atom is 0.171 e. The molecule has 1 aromatic carbocycles. The Morgan fingerprint density at radius 1 is 1.10 bits per heavy atom. The Balaban J connectivity index is 2.16. The Kier molecular flexibility index (Phi) is 4.19. The molecule has 1 heterocycles. The molecule has 0 aliphatic rings. The van der Waals surface area contributed by atoms with E-state index in [1.54, 1.807) is 6.26 Å². The van der Waals surface area contributed by atoms with Crippen molar-refractivity contribution in [2.45, 2.75) is 45.3 Å². The van der Waals surface area contributed by atoms with Crippen molar-refractivity contribution in [2.24, 2.45) is 5.73 Å². The summed E-state index contributed by atoms with van der Waals surface area (Å²) >= 11 is 0. The average molecular weight is 273 g/mol. The zero-order valence-corrected chi connectivity index (χ0v) is 12.6. The van der Waals surface area contributed by atoms with Gasteiger partial charge in [0.25, 0.3) is 0 Å². The van der Waals surface area contributed by atoms with Crippen molar-refractivity contribution in [1.29, 1.82) is 0 Å². The van der Waals surface area contributed by atoms with Crippen LogP contribution in [-0.4, -0.2) is 6.04 Å². The molecular weight excluding hydrogens is 250 g/mol. The number of ether oxygens (including phenoxy) is 1. The van der Waals surface area contributed by atoms with E-state index in [1.165, 1.54) is 5.56 Å². The Labute approximate surface area is 120 Å². The third-order valence-electron chi connectivity index (χ3n) is 3.28. The summed E-state index contributed by atoms with van der Waals surface area (Å²) in [5, 5.41) is 0. The monoisotopic (exact) mass is 273 g/mol. The SMILES string of the molecule is CC(N)C(Oc1ccc(C(C)(C)C)cc1)c1ccco1. The first-order valence-electron chi connectivity index (χ1n) is 6.94. The first-order valence-corrected chi connectivity index (χ1v) is 6.94. The second kappa shape index (κ2) is 5.71. The van der Waals surface area contributed by atoms with Crippen molar-refractivity contribution >= 4 is 0 Å². The van der Waals surface area contributed by atoms with Crippen LogP contribution in [0.15, 0.2) is 47.1 Å². The second-order valence-electron chi connectivity index (χ2n) is 6.19. The van der Waals surface area contributed by atoms with Gasteiger partial charge >= 0.3 is 0 Å². The molecule has 20 heavy (non-hydrogen) atoms. The van der Waals surface area contributed by atoms with E-state index >= 15 is 0 Å². The zero-order valence-electron chi connectivity index (χ0n) is 12.6. The minimum Gasteiger partial charge on any atom is -0.481 e. The van der Waals surface area contributed by atoms with Crippen LogP contribution in [0.3, 0.4) is 0 Å². The number of hydrogen-bond donors (Lipinski definition) is 1. The van der Waals surface area contributed by atoms with Gasteiger partial charge in [0.05, 0.1) is 6.26 Å². The topological polar surface area (TPSA) is 48.4 Å². The largest absolute Gasteiger partial charge is 0.481 e. The molecule has 0 aliphatic heterocycles. The quantitative estimate of drug-likeness (QED) is 0.914. The third kappa shape index (κ3) is 3.42. The van der Waals surface area contributed by atoms with Gasteiger partial charge in [-0.3, -0.25) is 0 Å². The molecule has 2 aromatic rings. The minimum absolute atomic E-state index is 0.139. The standard InChI is InChI=1S/C17H23NO2/c1-12(18)16(15-6-5-11-19-15)20-14-9-7-13(8-10-14)17(2,3)4/h5-12,16H,18H2,1-4H3. The number of benzene rings is 1. The molecule has 0 bridgehead atoms. The van der Waals surface area contributed by atoms with Crippen LogP contribution in [0.25, 0.3) is 0 Å². The van der Waals surface area contributed by atoms with Crippen LogP contribution in [0.4, 0.5) is 0 Å². The Morgan fingerprint density at radius 2 is 1.75 bits per heavy atom. The second-order valence-corrected chi connectivity index (χ2v) is 6.19. The van der Waals surface area contributed by atoms with E-state index in [9.17, 15) is 0 Å². The molecular formula is C17H23NO2. The van der Waals surface area contributed by atoms with Crippen LogP contribution in [0.5, 0.6) is 5.75 Å². The first-order chi connectivity index (χ1) is 9.38. The van der Waals surface area contributed by atoms with E-state index in [0.717, 1.165) is 11.5 Å². The fourth-order valence-electron chi connectivity index (χ4n) is 2.06. The molecule has 108 valence electrons. The number of hydrogen-bond acceptors (Lipinski definition) is 3. The van der Waals surface area contributed by atoms with Gasteiger partial charge in [0, 0.05) is 6.04 Å². The molecule has 0 spiro atoms. The van der Waals surface area contributed by atoms with Gasteiger partial charge in [0.1, 0.15) is 11.5 Å². The van der Waals surface area contributed by atoms with Crippen LogP contribution in [-0.2, 0) is 5.41 Å². The van der Waals surface area contributed by atoms with E-state index in [0.29, 0.717) is 0 Å². The summed E-state index contributed by atoms with van der Waals surface area (Å²) in [5.74, 6) is 1.55. The van der Waals surface area contributed by atoms with Crippen molar-refractivity contribution < 1.29 is 9.15 Å². The molecule has 0 amide bonds. The lowest BCUT2D eigenvalue weighted by atomic mass is 9.87. The predicted octanol–water partition coefficient (Wildman–Crippen LogP) is 4.04. The van der Waals surface area contributed by atoms with Gasteiger partial charge in [-0.15, -0.1) is 0 Å². The van der Waals surface area contributed by atoms with Gasteiger partial charge in [0.15, 0.2) is 6.10 Å². The molecule has 2 N–H and O–H groups in total. The molecule has 0 fully saturated rings. The zero-order chi connectivity index (χ0) is 14.8. The lowest BCUT2D eigenvalue weighted by Gasteiger charge is -2.22. The number of nitrogens with two attached hydrogens (primary N) is 1. The van der Waals surface area contributed by atoms with Crippen molar-refractivity contribution in [2.75, 3.05) is 0 Å². The molecule has 2 unspecified atom stereocenters. The van der Waals surface area contributed by atoms with Gasteiger partial charge in [-0.25, -0.2) is 0 Å². The Morgan fingerprint density at radius 3 is 2.20 bits per heavy atom. The molecule has 2 rings (SSSR count). The Bertz CT molecular complexity index is 521. The molecule has 2 atom stereocenters. The predicted molar refractivity (Wildman–Crippen MR) is 80.9 cm³/mol. The molecule has 0 saturated heterocycles. The van der Waals surface area contributed by atoms with E-state index < -0.39 is 0 Å². The highest BCUT2D eigenvalue weighted by molar-refractivity contribution is 5.31. The van der Waals surface area contributed by atoms with Gasteiger partial charge in [-0.2, -0.15) is 0 Å². The van der Waals surface area contributed by atoms with Gasteiger partial charge in [-0.1, -0.05) is 32.9 Å². The van der Waals surface area contributed by atoms with Crippen LogP contribution in [0.2, 0.25) is 0 Å². The van der Waals surface area contributed by atoms with Crippen molar-refractivity contribution in [3.63, 3.8) is 0 Å². The summed E-state index contributed by atoms with van der Waals surface area (Å²) in [4.78, 5) is 0. The highest BCUT2D eigenvalue weighted by Gasteiger charge is 2.21. The lowest BCUT2D eigenvalue weighted by Crippen LogP contribution is -2.28. The minimum atomic E-state index is -0.273. The summed E-state index contributed by atoms with van der Waals surface area (Å²) in [6, 6.07) is 11.7. The molecule has 3 heteroatoms. The lowest BCUT2D eigenvalue weighted by molar-refractivity contribution is 0.153. The van der Waals surface area contributed by atoms with Crippen molar-refractivity contribution in [3.8, 4) is 5.75 Å². The highest BCUT2D eigenvalue weighted by Crippen LogP contribution is 2.28. The summed E-state index contributed by atoms with van der Waals surface area (Å²) in [6.07, 6.45) is 1.36. The molecule has 1 aromatic heterocycles. The Hall–Kier alpha value is -1.74. The van der Waals surface area contributed by atoms with E-state index in [2.05, 4.69) is 32.9 Å². The van der Waals surface area contributed by atoms with Crippen LogP contribution >= 0.6 is 0 Å². The summed E-state index contributed by atoms with van der Waals surface area (Å²) in [5.41, 5.74) is 7.41.